The first-order valence-corrected chi connectivity index (χ1v) is 5.53. The fraction of sp³-hybridized carbons (Fsp3) is 0.417. The van der Waals surface area contributed by atoms with E-state index in [1.807, 2.05) is 12.1 Å². The van der Waals surface area contributed by atoms with Gasteiger partial charge in [0.05, 0.1) is 6.10 Å². The molecule has 2 rings (SSSR count). The number of carbonyl (C=O) groups excluding carboxylic acids is 1. The van der Waals surface area contributed by atoms with Crippen molar-refractivity contribution in [2.75, 3.05) is 0 Å². The number of benzene rings is 1. The third-order valence-electron chi connectivity index (χ3n) is 2.96. The molecule has 1 aromatic rings. The van der Waals surface area contributed by atoms with Crippen LogP contribution in [-0.4, -0.2) is 10.9 Å². The summed E-state index contributed by atoms with van der Waals surface area (Å²) in [6.45, 7) is 0. The summed E-state index contributed by atoms with van der Waals surface area (Å²) in [5, 5.41) is 10.6. The molecule has 1 saturated carbocycles. The third kappa shape index (κ3) is 2.06. The molecule has 15 heavy (non-hydrogen) atoms. The number of rotatable bonds is 2. The van der Waals surface area contributed by atoms with E-state index in [1.54, 1.807) is 12.1 Å². The largest absolute Gasteiger partial charge is 0.388 e. The van der Waals surface area contributed by atoms with Crippen molar-refractivity contribution in [2.45, 2.75) is 25.4 Å². The Labute approximate surface area is 93.9 Å². The molecule has 0 radical (unpaired) electrons. The van der Waals surface area contributed by atoms with Crippen molar-refractivity contribution in [3.05, 3.63) is 34.9 Å². The molecule has 2 unspecified atom stereocenters. The molecule has 0 heterocycles. The van der Waals surface area contributed by atoms with Crippen molar-refractivity contribution in [2.24, 2.45) is 5.92 Å². The minimum Gasteiger partial charge on any atom is -0.388 e. The Kier molecular flexibility index (Phi) is 3.08. The standard InChI is InChI=1S/C12H13ClO2/c13-10-6-2-1-4-8(10)12(15)9-5-3-7-11(9)14/h1-2,4,6,9,12,15H,3,5,7H2. The van der Waals surface area contributed by atoms with Gasteiger partial charge in [0.1, 0.15) is 5.78 Å². The molecule has 0 bridgehead atoms. The van der Waals surface area contributed by atoms with E-state index in [-0.39, 0.29) is 11.7 Å². The first kappa shape index (κ1) is 10.7. The minimum atomic E-state index is -0.742. The average Bonchev–Trinajstić information content (AvgIpc) is 2.64. The van der Waals surface area contributed by atoms with Crippen LogP contribution >= 0.6 is 11.6 Å². The maximum atomic E-state index is 11.5. The van der Waals surface area contributed by atoms with Crippen molar-refractivity contribution in [3.8, 4) is 0 Å². The minimum absolute atomic E-state index is 0.155. The van der Waals surface area contributed by atoms with Crippen LogP contribution in [0.3, 0.4) is 0 Å². The molecule has 0 spiro atoms. The second-order valence-electron chi connectivity index (χ2n) is 3.93. The lowest BCUT2D eigenvalue weighted by molar-refractivity contribution is -0.123. The fourth-order valence-corrected chi connectivity index (χ4v) is 2.36. The Balaban J connectivity index is 2.24. The van der Waals surface area contributed by atoms with Gasteiger partial charge in [0.15, 0.2) is 0 Å². The normalized spacial score (nSPS) is 23.1. The maximum absolute atomic E-state index is 11.5. The molecule has 1 fully saturated rings. The lowest BCUT2D eigenvalue weighted by Crippen LogP contribution is -2.16. The summed E-state index contributed by atoms with van der Waals surface area (Å²) < 4.78 is 0. The van der Waals surface area contributed by atoms with Crippen molar-refractivity contribution in [3.63, 3.8) is 0 Å². The van der Waals surface area contributed by atoms with Gasteiger partial charge in [-0.1, -0.05) is 29.8 Å². The SMILES string of the molecule is O=C1CCCC1C(O)c1ccccc1Cl. The monoisotopic (exact) mass is 224 g/mol. The van der Waals surface area contributed by atoms with Crippen LogP contribution in [0.5, 0.6) is 0 Å². The lowest BCUT2D eigenvalue weighted by Gasteiger charge is -2.17. The molecule has 3 heteroatoms. The molecular weight excluding hydrogens is 212 g/mol. The van der Waals surface area contributed by atoms with Gasteiger partial charge in [0.25, 0.3) is 0 Å². The number of halogens is 1. The van der Waals surface area contributed by atoms with Gasteiger partial charge in [-0.3, -0.25) is 4.79 Å². The van der Waals surface area contributed by atoms with Crippen LogP contribution in [0.4, 0.5) is 0 Å². The highest BCUT2D eigenvalue weighted by molar-refractivity contribution is 6.31. The molecule has 2 atom stereocenters. The summed E-state index contributed by atoms with van der Waals surface area (Å²) in [6, 6.07) is 7.15. The van der Waals surface area contributed by atoms with Crippen molar-refractivity contribution in [1.82, 2.24) is 0 Å². The molecule has 1 aliphatic rings. The van der Waals surface area contributed by atoms with E-state index >= 15 is 0 Å². The molecular formula is C12H13ClO2. The summed E-state index contributed by atoms with van der Waals surface area (Å²) in [5.41, 5.74) is 0.666. The van der Waals surface area contributed by atoms with E-state index in [4.69, 9.17) is 11.6 Å². The van der Waals surface area contributed by atoms with Crippen LogP contribution in [-0.2, 0) is 4.79 Å². The summed E-state index contributed by atoms with van der Waals surface area (Å²) in [5.74, 6) is -0.104. The van der Waals surface area contributed by atoms with Gasteiger partial charge in [-0.2, -0.15) is 0 Å². The van der Waals surface area contributed by atoms with Crippen molar-refractivity contribution >= 4 is 17.4 Å². The average molecular weight is 225 g/mol. The van der Waals surface area contributed by atoms with E-state index < -0.39 is 6.10 Å². The van der Waals surface area contributed by atoms with Crippen LogP contribution in [0.25, 0.3) is 0 Å². The van der Waals surface area contributed by atoms with E-state index in [0.29, 0.717) is 17.0 Å². The maximum Gasteiger partial charge on any atom is 0.138 e. The van der Waals surface area contributed by atoms with Gasteiger partial charge in [-0.15, -0.1) is 0 Å². The predicted molar refractivity (Wildman–Crippen MR) is 58.8 cm³/mol. The van der Waals surface area contributed by atoms with Gasteiger partial charge >= 0.3 is 0 Å². The molecule has 1 aromatic carbocycles. The number of aliphatic hydroxyl groups excluding tert-OH is 1. The number of hydrogen-bond donors (Lipinski definition) is 1. The van der Waals surface area contributed by atoms with Crippen LogP contribution in [0.1, 0.15) is 30.9 Å². The predicted octanol–water partition coefficient (Wildman–Crippen LogP) is 2.74. The molecule has 80 valence electrons. The van der Waals surface area contributed by atoms with E-state index in [2.05, 4.69) is 0 Å². The Morgan fingerprint density at radius 2 is 2.13 bits per heavy atom. The van der Waals surface area contributed by atoms with Crippen molar-refractivity contribution in [1.29, 1.82) is 0 Å². The van der Waals surface area contributed by atoms with Gasteiger partial charge in [0, 0.05) is 17.4 Å². The van der Waals surface area contributed by atoms with Crippen LogP contribution in [0.2, 0.25) is 5.02 Å². The lowest BCUT2D eigenvalue weighted by atomic mass is 9.94. The molecule has 2 nitrogen and oxygen atoms in total. The van der Waals surface area contributed by atoms with E-state index in [9.17, 15) is 9.90 Å². The highest BCUT2D eigenvalue weighted by Crippen LogP contribution is 2.35. The Hall–Kier alpha value is -0.860. The molecule has 1 aliphatic carbocycles. The molecule has 0 aliphatic heterocycles. The number of ketones is 1. The molecule has 0 aromatic heterocycles. The highest BCUT2D eigenvalue weighted by Gasteiger charge is 2.32. The zero-order valence-corrected chi connectivity index (χ0v) is 9.07. The zero-order chi connectivity index (χ0) is 10.8. The van der Waals surface area contributed by atoms with E-state index in [0.717, 1.165) is 12.8 Å². The summed E-state index contributed by atoms with van der Waals surface area (Å²) in [6.07, 6.45) is 1.50. The van der Waals surface area contributed by atoms with Crippen molar-refractivity contribution < 1.29 is 9.90 Å². The zero-order valence-electron chi connectivity index (χ0n) is 8.32. The quantitative estimate of drug-likeness (QED) is 0.839. The third-order valence-corrected chi connectivity index (χ3v) is 3.30. The topological polar surface area (TPSA) is 37.3 Å². The Morgan fingerprint density at radius 1 is 1.40 bits per heavy atom. The molecule has 1 N–H and O–H groups in total. The fourth-order valence-electron chi connectivity index (χ4n) is 2.11. The highest BCUT2D eigenvalue weighted by atomic mass is 35.5. The number of hydrogen-bond acceptors (Lipinski definition) is 2. The number of Topliss-reactive ketones (excluding diaryl/α,β-unsaturated/α-hetero) is 1. The second-order valence-corrected chi connectivity index (χ2v) is 4.34. The van der Waals surface area contributed by atoms with Gasteiger partial charge in [-0.25, -0.2) is 0 Å². The van der Waals surface area contributed by atoms with Crippen LogP contribution in [0.15, 0.2) is 24.3 Å². The smallest absolute Gasteiger partial charge is 0.138 e. The molecule has 0 saturated heterocycles. The van der Waals surface area contributed by atoms with Crippen LogP contribution < -0.4 is 0 Å². The van der Waals surface area contributed by atoms with Gasteiger partial charge in [0.2, 0.25) is 0 Å². The Morgan fingerprint density at radius 3 is 2.73 bits per heavy atom. The summed E-state index contributed by atoms with van der Waals surface area (Å²) in [4.78, 5) is 11.5. The second kappa shape index (κ2) is 4.33. The molecule has 0 amide bonds. The summed E-state index contributed by atoms with van der Waals surface area (Å²) >= 11 is 5.97. The van der Waals surface area contributed by atoms with Gasteiger partial charge < -0.3 is 5.11 Å². The van der Waals surface area contributed by atoms with Gasteiger partial charge in [-0.05, 0) is 24.5 Å². The van der Waals surface area contributed by atoms with E-state index in [1.165, 1.54) is 0 Å². The number of aliphatic hydroxyl groups is 1. The Bertz CT molecular complexity index is 376. The number of carbonyl (C=O) groups is 1. The summed E-state index contributed by atoms with van der Waals surface area (Å²) in [7, 11) is 0. The first-order valence-electron chi connectivity index (χ1n) is 5.15. The van der Waals surface area contributed by atoms with Crippen LogP contribution in [0, 0.1) is 5.92 Å². The first-order chi connectivity index (χ1) is 7.20.